The lowest BCUT2D eigenvalue weighted by atomic mass is 10.3. The van der Waals surface area contributed by atoms with Crippen LogP contribution in [-0.4, -0.2) is 21.2 Å². The number of nitrogens with zero attached hydrogens (tertiary/aromatic N) is 2. The number of thioether (sulfide) groups is 1. The Morgan fingerprint density at radius 1 is 1.40 bits per heavy atom. The molecule has 0 unspecified atom stereocenters. The van der Waals surface area contributed by atoms with E-state index in [2.05, 4.69) is 10.3 Å². The van der Waals surface area contributed by atoms with Crippen LogP contribution in [0.2, 0.25) is 10.0 Å². The van der Waals surface area contributed by atoms with Gasteiger partial charge in [-0.1, -0.05) is 35.0 Å². The van der Waals surface area contributed by atoms with E-state index in [1.165, 1.54) is 0 Å². The van der Waals surface area contributed by atoms with Gasteiger partial charge in [-0.15, -0.1) is 0 Å². The van der Waals surface area contributed by atoms with E-state index >= 15 is 0 Å². The summed E-state index contributed by atoms with van der Waals surface area (Å²) in [4.78, 5) is 16.0. The average Bonchev–Trinajstić information content (AvgIpc) is 2.80. The van der Waals surface area contributed by atoms with E-state index in [-0.39, 0.29) is 5.91 Å². The Morgan fingerprint density at radius 3 is 2.85 bits per heavy atom. The number of carbonyl (C=O) groups excluding carboxylic acids is 1. The molecule has 0 aliphatic rings. The van der Waals surface area contributed by atoms with Crippen LogP contribution in [0.25, 0.3) is 0 Å². The van der Waals surface area contributed by atoms with Crippen molar-refractivity contribution in [3.05, 3.63) is 40.6 Å². The third-order valence-electron chi connectivity index (χ3n) is 2.54. The Labute approximate surface area is 131 Å². The van der Waals surface area contributed by atoms with Crippen molar-refractivity contribution in [3.8, 4) is 0 Å². The summed E-state index contributed by atoms with van der Waals surface area (Å²) in [6.45, 7) is 0. The first-order valence-corrected chi connectivity index (χ1v) is 7.65. The van der Waals surface area contributed by atoms with E-state index < -0.39 is 0 Å². The van der Waals surface area contributed by atoms with Gasteiger partial charge in [-0.2, -0.15) is 0 Å². The summed E-state index contributed by atoms with van der Waals surface area (Å²) in [5.41, 5.74) is 0.645. The monoisotopic (exact) mass is 329 g/mol. The van der Waals surface area contributed by atoms with Crippen molar-refractivity contribution in [1.82, 2.24) is 9.55 Å². The van der Waals surface area contributed by atoms with E-state index in [4.69, 9.17) is 23.2 Å². The molecule has 0 aliphatic carbocycles. The normalized spacial score (nSPS) is 10.6. The van der Waals surface area contributed by atoms with Gasteiger partial charge in [0.05, 0.1) is 10.0 Å². The highest BCUT2D eigenvalue weighted by atomic mass is 35.5. The highest BCUT2D eigenvalue weighted by Crippen LogP contribution is 2.25. The van der Waals surface area contributed by atoms with Gasteiger partial charge in [0, 0.05) is 37.3 Å². The van der Waals surface area contributed by atoms with E-state index in [1.54, 1.807) is 36.2 Å². The molecule has 1 heterocycles. The summed E-state index contributed by atoms with van der Waals surface area (Å²) in [7, 11) is 1.92. The van der Waals surface area contributed by atoms with E-state index in [0.29, 0.717) is 27.9 Å². The second-order valence-corrected chi connectivity index (χ2v) is 5.97. The summed E-state index contributed by atoms with van der Waals surface area (Å²) in [5.74, 6) is 0.600. The molecule has 0 aliphatic heterocycles. The van der Waals surface area contributed by atoms with Crippen molar-refractivity contribution in [2.45, 2.75) is 11.6 Å². The Hall–Kier alpha value is -1.17. The molecule has 20 heavy (non-hydrogen) atoms. The number of aromatic nitrogens is 2. The Balaban J connectivity index is 1.80. The largest absolute Gasteiger partial charge is 0.329 e. The van der Waals surface area contributed by atoms with Crippen LogP contribution >= 0.6 is 35.0 Å². The fraction of sp³-hybridized carbons (Fsp3) is 0.231. The predicted octanol–water partition coefficient (Wildman–Crippen LogP) is 3.85. The number of rotatable bonds is 5. The van der Waals surface area contributed by atoms with Crippen molar-refractivity contribution in [2.24, 2.45) is 7.05 Å². The lowest BCUT2D eigenvalue weighted by molar-refractivity contribution is -0.115. The fourth-order valence-corrected chi connectivity index (χ4v) is 2.69. The highest BCUT2D eigenvalue weighted by Gasteiger charge is 2.06. The van der Waals surface area contributed by atoms with Crippen molar-refractivity contribution in [3.63, 3.8) is 0 Å². The van der Waals surface area contributed by atoms with Gasteiger partial charge in [0.15, 0.2) is 5.16 Å². The number of nitrogens with one attached hydrogen (secondary N) is 1. The maximum absolute atomic E-state index is 11.8. The quantitative estimate of drug-likeness (QED) is 0.847. The second-order valence-electron chi connectivity index (χ2n) is 4.10. The molecule has 106 valence electrons. The molecule has 2 rings (SSSR count). The van der Waals surface area contributed by atoms with Crippen LogP contribution in [0.4, 0.5) is 5.69 Å². The number of imidazole rings is 1. The fourth-order valence-electron chi connectivity index (χ4n) is 1.52. The van der Waals surface area contributed by atoms with Gasteiger partial charge < -0.3 is 9.88 Å². The molecule has 0 spiro atoms. The lowest BCUT2D eigenvalue weighted by Crippen LogP contribution is -2.12. The summed E-state index contributed by atoms with van der Waals surface area (Å²) in [5, 5.41) is 4.57. The summed E-state index contributed by atoms with van der Waals surface area (Å²) in [6, 6.07) is 5.01. The first kappa shape index (κ1) is 15.2. The van der Waals surface area contributed by atoms with Crippen LogP contribution in [0.5, 0.6) is 0 Å². The van der Waals surface area contributed by atoms with Crippen LogP contribution in [0.3, 0.4) is 0 Å². The van der Waals surface area contributed by atoms with Crippen LogP contribution in [0.1, 0.15) is 6.42 Å². The second kappa shape index (κ2) is 7.02. The maximum atomic E-state index is 11.8. The molecule has 2 aromatic rings. The minimum absolute atomic E-state index is 0.0647. The van der Waals surface area contributed by atoms with Gasteiger partial charge in [-0.25, -0.2) is 4.98 Å². The predicted molar refractivity (Wildman–Crippen MR) is 83.6 cm³/mol. The standard InChI is InChI=1S/C13H13Cl2N3OS/c1-18-6-5-16-13(18)20-7-4-12(19)17-9-2-3-10(14)11(15)8-9/h2-3,5-6,8H,4,7H2,1H3,(H,17,19). The van der Waals surface area contributed by atoms with Crippen LogP contribution in [-0.2, 0) is 11.8 Å². The molecule has 0 fully saturated rings. The Kier molecular flexibility index (Phi) is 5.34. The van der Waals surface area contributed by atoms with Gasteiger partial charge in [0.25, 0.3) is 0 Å². The zero-order chi connectivity index (χ0) is 14.5. The number of aryl methyl sites for hydroxylation is 1. The van der Waals surface area contributed by atoms with Gasteiger partial charge >= 0.3 is 0 Å². The zero-order valence-corrected chi connectivity index (χ0v) is 13.1. The summed E-state index contributed by atoms with van der Waals surface area (Å²) in [6.07, 6.45) is 4.01. The number of halogens is 2. The molecule has 1 aromatic heterocycles. The molecule has 0 saturated heterocycles. The van der Waals surface area contributed by atoms with Gasteiger partial charge in [0.2, 0.25) is 5.91 Å². The van der Waals surface area contributed by atoms with Crippen molar-refractivity contribution in [1.29, 1.82) is 0 Å². The third-order valence-corrected chi connectivity index (χ3v) is 4.34. The van der Waals surface area contributed by atoms with Gasteiger partial charge in [0.1, 0.15) is 0 Å². The first-order chi connectivity index (χ1) is 9.56. The van der Waals surface area contributed by atoms with Gasteiger partial charge in [-0.05, 0) is 18.2 Å². The number of carbonyl (C=O) groups is 1. The summed E-state index contributed by atoms with van der Waals surface area (Å²) < 4.78 is 1.92. The molecule has 0 saturated carbocycles. The first-order valence-electron chi connectivity index (χ1n) is 5.91. The topological polar surface area (TPSA) is 46.9 Å². The molecule has 0 radical (unpaired) electrons. The minimum atomic E-state index is -0.0647. The molecule has 0 atom stereocenters. The van der Waals surface area contributed by atoms with Crippen molar-refractivity contribution < 1.29 is 4.79 Å². The van der Waals surface area contributed by atoms with Crippen molar-refractivity contribution >= 4 is 46.6 Å². The molecule has 4 nitrogen and oxygen atoms in total. The number of benzene rings is 1. The molecule has 1 aromatic carbocycles. The van der Waals surface area contributed by atoms with Crippen molar-refractivity contribution in [2.75, 3.05) is 11.1 Å². The number of amides is 1. The Morgan fingerprint density at radius 2 is 2.20 bits per heavy atom. The number of anilines is 1. The van der Waals surface area contributed by atoms with E-state index in [9.17, 15) is 4.79 Å². The SMILES string of the molecule is Cn1ccnc1SCCC(=O)Nc1ccc(Cl)c(Cl)c1. The Bertz CT molecular complexity index is 615. The highest BCUT2D eigenvalue weighted by molar-refractivity contribution is 7.99. The van der Waals surface area contributed by atoms with Crippen LogP contribution in [0, 0.1) is 0 Å². The number of hydrogen-bond donors (Lipinski definition) is 1. The molecular weight excluding hydrogens is 317 g/mol. The van der Waals surface area contributed by atoms with Crippen LogP contribution < -0.4 is 5.32 Å². The third kappa shape index (κ3) is 4.16. The number of hydrogen-bond acceptors (Lipinski definition) is 3. The average molecular weight is 330 g/mol. The van der Waals surface area contributed by atoms with Gasteiger partial charge in [-0.3, -0.25) is 4.79 Å². The summed E-state index contributed by atoms with van der Waals surface area (Å²) >= 11 is 13.2. The molecule has 1 N–H and O–H groups in total. The van der Waals surface area contributed by atoms with Crippen LogP contribution in [0.15, 0.2) is 35.7 Å². The molecular formula is C13H13Cl2N3OS. The minimum Gasteiger partial charge on any atom is -0.329 e. The van der Waals surface area contributed by atoms with E-state index in [0.717, 1.165) is 5.16 Å². The molecule has 0 bridgehead atoms. The van der Waals surface area contributed by atoms with E-state index in [1.807, 2.05) is 17.8 Å². The molecule has 1 amide bonds. The molecule has 7 heteroatoms. The maximum Gasteiger partial charge on any atom is 0.225 e. The zero-order valence-electron chi connectivity index (χ0n) is 10.8. The smallest absolute Gasteiger partial charge is 0.225 e. The lowest BCUT2D eigenvalue weighted by Gasteiger charge is -2.06.